The zero-order valence-electron chi connectivity index (χ0n) is 17.5. The number of hydrogen-bond acceptors (Lipinski definition) is 5. The summed E-state index contributed by atoms with van der Waals surface area (Å²) < 4.78 is 22.2. The lowest BCUT2D eigenvalue weighted by molar-refractivity contribution is 0.223. The molecule has 0 unspecified atom stereocenters. The summed E-state index contributed by atoms with van der Waals surface area (Å²) in [5.74, 6) is 1.09. The molecule has 3 heterocycles. The number of thioether (sulfide) groups is 1. The SMILES string of the molecule is CSc1nc2n(n1)[C@H](c1ccc(F)cc1)C1=C(N2)c2ccccc2O[C@@H]1c1ccccc1Cl. The lowest BCUT2D eigenvalue weighted by Gasteiger charge is -2.39. The second kappa shape index (κ2) is 7.93. The molecule has 0 radical (unpaired) electrons. The predicted molar refractivity (Wildman–Crippen MR) is 128 cm³/mol. The van der Waals surface area contributed by atoms with E-state index < -0.39 is 6.10 Å². The Morgan fingerprint density at radius 2 is 1.79 bits per heavy atom. The lowest BCUT2D eigenvalue weighted by Crippen LogP contribution is -2.32. The highest BCUT2D eigenvalue weighted by molar-refractivity contribution is 7.98. The van der Waals surface area contributed by atoms with Gasteiger partial charge in [-0.1, -0.05) is 65.8 Å². The lowest BCUT2D eigenvalue weighted by atomic mass is 9.84. The van der Waals surface area contributed by atoms with Gasteiger partial charge in [-0.25, -0.2) is 9.07 Å². The molecule has 33 heavy (non-hydrogen) atoms. The second-order valence-electron chi connectivity index (χ2n) is 7.79. The van der Waals surface area contributed by atoms with Crippen LogP contribution in [0.2, 0.25) is 5.02 Å². The predicted octanol–water partition coefficient (Wildman–Crippen LogP) is 6.35. The number of para-hydroxylation sites is 1. The van der Waals surface area contributed by atoms with Crippen LogP contribution in [0.4, 0.5) is 10.3 Å². The Balaban J connectivity index is 1.65. The Kier molecular flexibility index (Phi) is 4.89. The van der Waals surface area contributed by atoms with Crippen molar-refractivity contribution in [3.63, 3.8) is 0 Å². The van der Waals surface area contributed by atoms with Crippen LogP contribution in [0.3, 0.4) is 0 Å². The van der Waals surface area contributed by atoms with Crippen LogP contribution in [0, 0.1) is 5.82 Å². The summed E-state index contributed by atoms with van der Waals surface area (Å²) in [6.45, 7) is 0. The van der Waals surface area contributed by atoms with Gasteiger partial charge in [0.1, 0.15) is 17.6 Å². The summed E-state index contributed by atoms with van der Waals surface area (Å²) in [7, 11) is 0. The molecule has 0 aliphatic carbocycles. The van der Waals surface area contributed by atoms with Crippen molar-refractivity contribution in [1.29, 1.82) is 0 Å². The maximum atomic E-state index is 13.8. The third kappa shape index (κ3) is 3.31. The highest BCUT2D eigenvalue weighted by Gasteiger charge is 2.41. The first-order valence-electron chi connectivity index (χ1n) is 10.4. The number of rotatable bonds is 3. The van der Waals surface area contributed by atoms with Crippen molar-refractivity contribution >= 4 is 35.0 Å². The molecule has 6 rings (SSSR count). The number of anilines is 1. The number of fused-ring (bicyclic) bond motifs is 3. The summed E-state index contributed by atoms with van der Waals surface area (Å²) in [4.78, 5) is 4.67. The van der Waals surface area contributed by atoms with Crippen molar-refractivity contribution in [2.45, 2.75) is 17.3 Å². The highest BCUT2D eigenvalue weighted by Crippen LogP contribution is 2.51. The van der Waals surface area contributed by atoms with Crippen molar-refractivity contribution < 1.29 is 9.13 Å². The first-order chi connectivity index (χ1) is 16.1. The number of nitrogens with zero attached hydrogens (tertiary/aromatic N) is 3. The Morgan fingerprint density at radius 3 is 2.58 bits per heavy atom. The van der Waals surface area contributed by atoms with Crippen LogP contribution in [0.15, 0.2) is 83.5 Å². The van der Waals surface area contributed by atoms with Gasteiger partial charge in [0.15, 0.2) is 6.10 Å². The Labute approximate surface area is 199 Å². The van der Waals surface area contributed by atoms with E-state index in [4.69, 9.17) is 21.4 Å². The van der Waals surface area contributed by atoms with Crippen molar-refractivity contribution in [1.82, 2.24) is 14.8 Å². The normalized spacial score (nSPS) is 18.6. The van der Waals surface area contributed by atoms with E-state index in [1.54, 1.807) is 12.1 Å². The number of nitrogens with one attached hydrogen (secondary N) is 1. The molecule has 0 spiro atoms. The largest absolute Gasteiger partial charge is 0.480 e. The maximum Gasteiger partial charge on any atom is 0.227 e. The van der Waals surface area contributed by atoms with Gasteiger partial charge in [-0.15, -0.1) is 5.10 Å². The van der Waals surface area contributed by atoms with Gasteiger partial charge in [0, 0.05) is 21.7 Å². The van der Waals surface area contributed by atoms with Gasteiger partial charge in [0.05, 0.1) is 5.70 Å². The van der Waals surface area contributed by atoms with Crippen LogP contribution in [0.5, 0.6) is 5.75 Å². The molecule has 0 saturated carbocycles. The van der Waals surface area contributed by atoms with Gasteiger partial charge >= 0.3 is 0 Å². The summed E-state index contributed by atoms with van der Waals surface area (Å²) >= 11 is 8.11. The molecular weight excluding hydrogens is 459 g/mol. The minimum atomic E-state index is -0.471. The molecule has 0 bridgehead atoms. The van der Waals surface area contributed by atoms with Crippen LogP contribution < -0.4 is 10.1 Å². The number of hydrogen-bond donors (Lipinski definition) is 1. The number of benzene rings is 3. The third-order valence-corrected chi connectivity index (χ3v) is 6.80. The first kappa shape index (κ1) is 20.3. The summed E-state index contributed by atoms with van der Waals surface area (Å²) in [6.07, 6.45) is 1.47. The smallest absolute Gasteiger partial charge is 0.227 e. The van der Waals surface area contributed by atoms with Gasteiger partial charge in [0.2, 0.25) is 11.1 Å². The fourth-order valence-corrected chi connectivity index (χ4v) is 5.04. The Hall–Kier alpha value is -3.29. The summed E-state index contributed by atoms with van der Waals surface area (Å²) in [5, 5.41) is 9.49. The van der Waals surface area contributed by atoms with E-state index in [9.17, 15) is 4.39 Å². The molecule has 2 aliphatic heterocycles. The van der Waals surface area contributed by atoms with E-state index in [-0.39, 0.29) is 11.9 Å². The number of aromatic nitrogens is 3. The van der Waals surface area contributed by atoms with E-state index in [0.29, 0.717) is 16.1 Å². The average molecular weight is 477 g/mol. The fraction of sp³-hybridized carbons (Fsp3) is 0.120. The summed E-state index contributed by atoms with van der Waals surface area (Å²) in [6, 6.07) is 21.7. The van der Waals surface area contributed by atoms with Crippen molar-refractivity contribution in [3.05, 3.63) is 106 Å². The van der Waals surface area contributed by atoms with Crippen LogP contribution in [0.25, 0.3) is 5.70 Å². The van der Waals surface area contributed by atoms with E-state index in [1.165, 1.54) is 23.9 Å². The van der Waals surface area contributed by atoms with Gasteiger partial charge in [-0.05, 0) is 42.2 Å². The van der Waals surface area contributed by atoms with Crippen molar-refractivity contribution in [2.24, 2.45) is 0 Å². The molecular formula is C25H18ClFN4OS. The van der Waals surface area contributed by atoms with Gasteiger partial charge in [-0.3, -0.25) is 0 Å². The quantitative estimate of drug-likeness (QED) is 0.349. The van der Waals surface area contributed by atoms with Crippen LogP contribution in [-0.2, 0) is 0 Å². The van der Waals surface area contributed by atoms with Gasteiger partial charge in [0.25, 0.3) is 0 Å². The van der Waals surface area contributed by atoms with Gasteiger partial charge < -0.3 is 10.1 Å². The van der Waals surface area contributed by atoms with E-state index in [1.807, 2.05) is 59.5 Å². The van der Waals surface area contributed by atoms with Crippen LogP contribution in [-0.4, -0.2) is 21.0 Å². The van der Waals surface area contributed by atoms with Crippen molar-refractivity contribution in [3.8, 4) is 5.75 Å². The standard InChI is InChI=1S/C25H18ClFN4OS/c1-33-25-29-24-28-21-17-7-3-5-9-19(17)32-23(16-6-2-4-8-18(16)26)20(21)22(31(24)30-25)14-10-12-15(27)13-11-14/h2-13,22-23H,1H3,(H,28,29,30)/t22-,23-/m1/s1. The minimum absolute atomic E-state index is 0.293. The number of halogens is 2. The van der Waals surface area contributed by atoms with Crippen molar-refractivity contribution in [2.75, 3.05) is 11.6 Å². The molecule has 2 aliphatic rings. The molecule has 8 heteroatoms. The molecule has 4 aromatic rings. The maximum absolute atomic E-state index is 13.8. The molecule has 0 fully saturated rings. The molecule has 1 N–H and O–H groups in total. The van der Waals surface area contributed by atoms with Crippen LogP contribution in [0.1, 0.15) is 28.8 Å². The third-order valence-electron chi connectivity index (χ3n) is 5.92. The molecule has 2 atom stereocenters. The highest BCUT2D eigenvalue weighted by atomic mass is 35.5. The van der Waals surface area contributed by atoms with E-state index in [0.717, 1.165) is 33.7 Å². The zero-order valence-corrected chi connectivity index (χ0v) is 19.1. The monoisotopic (exact) mass is 476 g/mol. The molecule has 164 valence electrons. The second-order valence-corrected chi connectivity index (χ2v) is 8.97. The molecule has 3 aromatic carbocycles. The fourth-order valence-electron chi connectivity index (χ4n) is 4.46. The van der Waals surface area contributed by atoms with E-state index >= 15 is 0 Å². The summed E-state index contributed by atoms with van der Waals surface area (Å²) in [5.41, 5.74) is 4.51. The Morgan fingerprint density at radius 1 is 1.03 bits per heavy atom. The molecule has 0 amide bonds. The topological polar surface area (TPSA) is 52.0 Å². The average Bonchev–Trinajstić information content (AvgIpc) is 3.26. The first-order valence-corrected chi connectivity index (χ1v) is 12.0. The van der Waals surface area contributed by atoms with E-state index in [2.05, 4.69) is 10.3 Å². The molecule has 0 saturated heterocycles. The van der Waals surface area contributed by atoms with Gasteiger partial charge in [-0.2, -0.15) is 4.98 Å². The van der Waals surface area contributed by atoms with Crippen LogP contribution >= 0.6 is 23.4 Å². The molecule has 1 aromatic heterocycles. The zero-order chi connectivity index (χ0) is 22.5. The Bertz CT molecular complexity index is 1400. The number of ether oxygens (including phenoxy) is 1. The minimum Gasteiger partial charge on any atom is -0.480 e. The molecule has 5 nitrogen and oxygen atoms in total.